The van der Waals surface area contributed by atoms with Crippen molar-refractivity contribution >= 4 is 22.4 Å². The summed E-state index contributed by atoms with van der Waals surface area (Å²) in [4.78, 5) is 0. The summed E-state index contributed by atoms with van der Waals surface area (Å²) in [6.45, 7) is 0. The zero-order chi connectivity index (χ0) is 33.0. The number of hydrogen-bond acceptors (Lipinski definition) is 0. The molecule has 0 N–H and O–H groups in total. The highest BCUT2D eigenvalue weighted by Gasteiger charge is 2.34. The number of benzene rings is 7. The molecular weight excluding hydrogens is 601 g/mol. The first-order valence-corrected chi connectivity index (χ1v) is 17.6. The summed E-state index contributed by atoms with van der Waals surface area (Å²) < 4.78 is 0. The minimum atomic E-state index is 0.238. The summed E-state index contributed by atoms with van der Waals surface area (Å²) in [6.07, 6.45) is 12.9. The third-order valence-electron chi connectivity index (χ3n) is 10.9. The molecule has 0 aromatic heterocycles. The Hall–Kier alpha value is -6.24. The largest absolute Gasteiger partial charge is 0.0759 e. The standard InChI is InChI=1S/C50H34/c1-2-9-33(10-3-1)34-17-19-37(20-18-34)43-14-6-7-15-45(43)46-30-28-40-26-25-39-27-29-44(47-31-32-48(46)50(40)49(39)47)38-23-21-36(22-24-38)42-16-8-12-35-11-4-5-13-41(35)42/h1-24,26-32,50H,25H2. The Bertz CT molecular complexity index is 2570. The van der Waals surface area contributed by atoms with Crippen LogP contribution >= 0.6 is 0 Å². The molecule has 7 aromatic carbocycles. The van der Waals surface area contributed by atoms with E-state index in [4.69, 9.17) is 0 Å². The van der Waals surface area contributed by atoms with E-state index < -0.39 is 0 Å². The molecule has 7 aromatic rings. The Balaban J connectivity index is 1.05. The molecule has 50 heavy (non-hydrogen) atoms. The molecule has 0 nitrogen and oxygen atoms in total. The monoisotopic (exact) mass is 634 g/mol. The van der Waals surface area contributed by atoms with Crippen molar-refractivity contribution in [1.82, 2.24) is 0 Å². The minimum absolute atomic E-state index is 0.238. The summed E-state index contributed by atoms with van der Waals surface area (Å²) in [5.74, 6) is 0.238. The van der Waals surface area contributed by atoms with Gasteiger partial charge in [-0.15, -0.1) is 0 Å². The lowest BCUT2D eigenvalue weighted by Gasteiger charge is -2.36. The molecule has 1 unspecified atom stereocenters. The summed E-state index contributed by atoms with van der Waals surface area (Å²) in [6, 6.07) is 57.7. The van der Waals surface area contributed by atoms with Gasteiger partial charge in [-0.3, -0.25) is 0 Å². The predicted octanol–water partition coefficient (Wildman–Crippen LogP) is 13.1. The van der Waals surface area contributed by atoms with Gasteiger partial charge < -0.3 is 0 Å². The predicted molar refractivity (Wildman–Crippen MR) is 212 cm³/mol. The fraction of sp³-hybridized carbons (Fsp3) is 0.0400. The van der Waals surface area contributed by atoms with Gasteiger partial charge in [0.05, 0.1) is 0 Å². The maximum absolute atomic E-state index is 2.44. The van der Waals surface area contributed by atoms with Gasteiger partial charge in [0.15, 0.2) is 0 Å². The van der Waals surface area contributed by atoms with Gasteiger partial charge in [0, 0.05) is 5.92 Å². The van der Waals surface area contributed by atoms with Crippen molar-refractivity contribution in [3.8, 4) is 44.5 Å². The lowest BCUT2D eigenvalue weighted by molar-refractivity contribution is 0.896. The third kappa shape index (κ3) is 4.68. The van der Waals surface area contributed by atoms with Crippen molar-refractivity contribution in [3.05, 3.63) is 215 Å². The first-order chi connectivity index (χ1) is 24.8. The first kappa shape index (κ1) is 28.7. The van der Waals surface area contributed by atoms with Gasteiger partial charge in [-0.25, -0.2) is 0 Å². The van der Waals surface area contributed by atoms with Crippen LogP contribution in [0.15, 0.2) is 193 Å². The van der Waals surface area contributed by atoms with E-state index in [-0.39, 0.29) is 5.92 Å². The molecule has 234 valence electrons. The van der Waals surface area contributed by atoms with Crippen LogP contribution < -0.4 is 0 Å². The molecule has 3 aliphatic rings. The molecule has 0 amide bonds. The van der Waals surface area contributed by atoms with Crippen molar-refractivity contribution in [1.29, 1.82) is 0 Å². The van der Waals surface area contributed by atoms with Gasteiger partial charge in [-0.05, 0) is 101 Å². The number of fused-ring (bicyclic) bond motifs is 1. The van der Waals surface area contributed by atoms with Crippen LogP contribution in [0.4, 0.5) is 0 Å². The second-order valence-corrected chi connectivity index (χ2v) is 13.6. The quantitative estimate of drug-likeness (QED) is 0.177. The maximum atomic E-state index is 2.44. The van der Waals surface area contributed by atoms with Gasteiger partial charge >= 0.3 is 0 Å². The molecule has 0 spiro atoms. The summed E-state index contributed by atoms with van der Waals surface area (Å²) in [5.41, 5.74) is 19.7. The van der Waals surface area contributed by atoms with Gasteiger partial charge in [0.25, 0.3) is 0 Å². The second-order valence-electron chi connectivity index (χ2n) is 13.6. The van der Waals surface area contributed by atoms with Crippen LogP contribution in [0.1, 0.15) is 28.2 Å². The molecule has 10 rings (SSSR count). The Morgan fingerprint density at radius 2 is 1.02 bits per heavy atom. The normalized spacial score (nSPS) is 15.6. The van der Waals surface area contributed by atoms with E-state index in [9.17, 15) is 0 Å². The molecule has 0 radical (unpaired) electrons. The Morgan fingerprint density at radius 1 is 0.400 bits per heavy atom. The fourth-order valence-electron chi connectivity index (χ4n) is 8.43. The number of rotatable bonds is 5. The smallest absolute Gasteiger partial charge is 0.0352 e. The molecule has 0 aliphatic heterocycles. The second kappa shape index (κ2) is 11.7. The summed E-state index contributed by atoms with van der Waals surface area (Å²) >= 11 is 0. The zero-order valence-corrected chi connectivity index (χ0v) is 27.7. The van der Waals surface area contributed by atoms with Crippen LogP contribution in [0.3, 0.4) is 0 Å². The maximum Gasteiger partial charge on any atom is 0.0352 e. The van der Waals surface area contributed by atoms with Crippen molar-refractivity contribution < 1.29 is 0 Å². The van der Waals surface area contributed by atoms with Crippen LogP contribution in [-0.4, -0.2) is 0 Å². The lowest BCUT2D eigenvalue weighted by atomic mass is 9.67. The van der Waals surface area contributed by atoms with Crippen LogP contribution in [0.25, 0.3) is 66.9 Å². The van der Waals surface area contributed by atoms with Crippen molar-refractivity contribution in [3.63, 3.8) is 0 Å². The molecule has 0 saturated heterocycles. The van der Waals surface area contributed by atoms with E-state index in [1.165, 1.54) is 94.3 Å². The SMILES string of the molecule is C1=CC(c2ccccc2-c2ccc(-c3ccccc3)cc2)=C2C=Cc3c(-c4ccc(-c5cccc6ccccc56)cc4)ccc4c3C2C1=CC4. The van der Waals surface area contributed by atoms with E-state index in [0.717, 1.165) is 6.42 Å². The molecule has 0 bridgehead atoms. The molecule has 3 aliphatic carbocycles. The Labute approximate surface area is 293 Å². The highest BCUT2D eigenvalue weighted by atomic mass is 14.4. The van der Waals surface area contributed by atoms with Gasteiger partial charge in [0.2, 0.25) is 0 Å². The summed E-state index contributed by atoms with van der Waals surface area (Å²) in [7, 11) is 0. The Kier molecular flexibility index (Phi) is 6.74. The molecular formula is C50H34. The third-order valence-corrected chi connectivity index (χ3v) is 10.9. The van der Waals surface area contributed by atoms with E-state index in [0.29, 0.717) is 0 Å². The Morgan fingerprint density at radius 3 is 1.84 bits per heavy atom. The zero-order valence-electron chi connectivity index (χ0n) is 27.7. The summed E-state index contributed by atoms with van der Waals surface area (Å²) in [5, 5.41) is 2.57. The van der Waals surface area contributed by atoms with Crippen molar-refractivity contribution in [2.75, 3.05) is 0 Å². The van der Waals surface area contributed by atoms with Crippen LogP contribution in [0, 0.1) is 0 Å². The van der Waals surface area contributed by atoms with Gasteiger partial charge in [-0.1, -0.05) is 188 Å². The van der Waals surface area contributed by atoms with Gasteiger partial charge in [0.1, 0.15) is 0 Å². The molecule has 0 heterocycles. The van der Waals surface area contributed by atoms with Gasteiger partial charge in [-0.2, -0.15) is 0 Å². The van der Waals surface area contributed by atoms with E-state index >= 15 is 0 Å². The van der Waals surface area contributed by atoms with Crippen LogP contribution in [-0.2, 0) is 6.42 Å². The van der Waals surface area contributed by atoms with E-state index in [1.54, 1.807) is 0 Å². The molecule has 0 saturated carbocycles. The molecule has 0 fully saturated rings. The first-order valence-electron chi connectivity index (χ1n) is 17.6. The lowest BCUT2D eigenvalue weighted by Crippen LogP contribution is -2.19. The topological polar surface area (TPSA) is 0 Å². The van der Waals surface area contributed by atoms with E-state index in [2.05, 4.69) is 188 Å². The highest BCUT2D eigenvalue weighted by molar-refractivity contribution is 5.98. The number of allylic oxidation sites excluding steroid dienone is 7. The molecule has 1 atom stereocenters. The number of hydrogen-bond donors (Lipinski definition) is 0. The minimum Gasteiger partial charge on any atom is -0.0759 e. The average Bonchev–Trinajstić information content (AvgIpc) is 3.20. The van der Waals surface area contributed by atoms with Crippen LogP contribution in [0.2, 0.25) is 0 Å². The van der Waals surface area contributed by atoms with Crippen molar-refractivity contribution in [2.45, 2.75) is 12.3 Å². The van der Waals surface area contributed by atoms with Crippen LogP contribution in [0.5, 0.6) is 0 Å². The van der Waals surface area contributed by atoms with E-state index in [1.807, 2.05) is 0 Å². The van der Waals surface area contributed by atoms with Crippen molar-refractivity contribution in [2.24, 2.45) is 0 Å². The highest BCUT2D eigenvalue weighted by Crippen LogP contribution is 2.52. The fourth-order valence-corrected chi connectivity index (χ4v) is 8.43. The molecule has 0 heteroatoms. The average molecular weight is 635 g/mol.